The maximum Gasteiger partial charge on any atom is 0.289 e. The fraction of sp³-hybridized carbons (Fsp3) is 0.238. The lowest BCUT2D eigenvalue weighted by molar-refractivity contribution is 0.0625. The minimum atomic E-state index is -0.724. The molecule has 1 fully saturated rings. The Labute approximate surface area is 168 Å². The lowest BCUT2D eigenvalue weighted by Gasteiger charge is -2.30. The second kappa shape index (κ2) is 7.47. The van der Waals surface area contributed by atoms with Crippen LogP contribution in [0.5, 0.6) is 0 Å². The first-order chi connectivity index (χ1) is 13.4. The zero-order chi connectivity index (χ0) is 19.8. The van der Waals surface area contributed by atoms with Crippen LogP contribution in [0, 0.1) is 17.6 Å². The van der Waals surface area contributed by atoms with Crippen molar-refractivity contribution in [3.8, 4) is 0 Å². The maximum absolute atomic E-state index is 13.9. The molecule has 0 unspecified atom stereocenters. The number of rotatable bonds is 3. The summed E-state index contributed by atoms with van der Waals surface area (Å²) in [4.78, 5) is 26.9. The van der Waals surface area contributed by atoms with Crippen molar-refractivity contribution in [1.82, 2.24) is 4.90 Å². The van der Waals surface area contributed by atoms with Crippen molar-refractivity contribution in [2.24, 2.45) is 5.92 Å². The zero-order valence-corrected chi connectivity index (χ0v) is 16.3. The highest BCUT2D eigenvalue weighted by molar-refractivity contribution is 9.10. The number of likely N-dealkylation sites (tertiary alicyclic amines) is 1. The molecule has 4 nitrogen and oxygen atoms in total. The van der Waals surface area contributed by atoms with E-state index in [1.54, 1.807) is 17.0 Å². The molecule has 0 N–H and O–H groups in total. The van der Waals surface area contributed by atoms with E-state index < -0.39 is 23.3 Å². The number of hydrogen-bond acceptors (Lipinski definition) is 3. The van der Waals surface area contributed by atoms with E-state index in [-0.39, 0.29) is 17.2 Å². The van der Waals surface area contributed by atoms with E-state index in [0.29, 0.717) is 31.5 Å². The summed E-state index contributed by atoms with van der Waals surface area (Å²) in [6, 6.07) is 10.1. The molecule has 1 aliphatic heterocycles. The standard InChI is InChI=1S/C21H16BrF2NO3/c22-14-1-4-18-13(9-14)10-19(28-18)21(27)25-7-5-12(6-8-25)20(26)16-11-15(23)2-3-17(16)24/h1-4,9-12H,5-8H2. The fourth-order valence-electron chi connectivity index (χ4n) is 3.53. The van der Waals surface area contributed by atoms with Gasteiger partial charge in [0.05, 0.1) is 5.56 Å². The molecule has 0 radical (unpaired) electrons. The molecule has 3 aromatic rings. The summed E-state index contributed by atoms with van der Waals surface area (Å²) in [6.45, 7) is 0.708. The van der Waals surface area contributed by atoms with Gasteiger partial charge in [-0.3, -0.25) is 9.59 Å². The fourth-order valence-corrected chi connectivity index (χ4v) is 3.91. The Kier molecular flexibility index (Phi) is 5.02. The van der Waals surface area contributed by atoms with Crippen LogP contribution in [0.3, 0.4) is 0 Å². The molecule has 0 spiro atoms. The van der Waals surface area contributed by atoms with Crippen molar-refractivity contribution in [3.63, 3.8) is 0 Å². The van der Waals surface area contributed by atoms with Crippen LogP contribution in [0.15, 0.2) is 51.4 Å². The summed E-state index contributed by atoms with van der Waals surface area (Å²) < 4.78 is 33.8. The van der Waals surface area contributed by atoms with Crippen molar-refractivity contribution >= 4 is 38.6 Å². The maximum atomic E-state index is 13.9. The Balaban J connectivity index is 1.45. The second-order valence-electron chi connectivity index (χ2n) is 6.85. The van der Waals surface area contributed by atoms with E-state index in [1.807, 2.05) is 12.1 Å². The van der Waals surface area contributed by atoms with Crippen molar-refractivity contribution in [3.05, 3.63) is 69.9 Å². The minimum Gasteiger partial charge on any atom is -0.451 e. The second-order valence-corrected chi connectivity index (χ2v) is 7.76. The number of furan rings is 1. The molecule has 28 heavy (non-hydrogen) atoms. The highest BCUT2D eigenvalue weighted by Crippen LogP contribution is 2.27. The van der Waals surface area contributed by atoms with Gasteiger partial charge in [-0.1, -0.05) is 15.9 Å². The summed E-state index contributed by atoms with van der Waals surface area (Å²) in [5.74, 6) is -2.22. The summed E-state index contributed by atoms with van der Waals surface area (Å²) in [5.41, 5.74) is 0.394. The van der Waals surface area contributed by atoms with E-state index >= 15 is 0 Å². The van der Waals surface area contributed by atoms with E-state index in [9.17, 15) is 18.4 Å². The normalized spacial score (nSPS) is 15.2. The number of carbonyl (C=O) groups is 2. The van der Waals surface area contributed by atoms with Crippen LogP contribution >= 0.6 is 15.9 Å². The third kappa shape index (κ3) is 3.58. The Morgan fingerprint density at radius 2 is 1.79 bits per heavy atom. The first-order valence-corrected chi connectivity index (χ1v) is 9.69. The minimum absolute atomic E-state index is 0.229. The van der Waals surface area contributed by atoms with Gasteiger partial charge in [-0.2, -0.15) is 0 Å². The van der Waals surface area contributed by atoms with Gasteiger partial charge in [0, 0.05) is 28.9 Å². The van der Waals surface area contributed by atoms with E-state index in [4.69, 9.17) is 4.42 Å². The van der Waals surface area contributed by atoms with Crippen molar-refractivity contribution in [2.75, 3.05) is 13.1 Å². The highest BCUT2D eigenvalue weighted by atomic mass is 79.9. The summed E-state index contributed by atoms with van der Waals surface area (Å²) in [6.07, 6.45) is 0.790. The average Bonchev–Trinajstić information content (AvgIpc) is 3.12. The average molecular weight is 448 g/mol. The predicted octanol–water partition coefficient (Wildman–Crippen LogP) is 5.21. The Hall–Kier alpha value is -2.54. The van der Waals surface area contributed by atoms with Crippen LogP contribution in [0.1, 0.15) is 33.8 Å². The molecule has 0 saturated carbocycles. The van der Waals surface area contributed by atoms with Crippen molar-refractivity contribution in [2.45, 2.75) is 12.8 Å². The van der Waals surface area contributed by atoms with Crippen LogP contribution < -0.4 is 0 Å². The van der Waals surface area contributed by atoms with Gasteiger partial charge in [0.15, 0.2) is 11.5 Å². The molecule has 144 valence electrons. The van der Waals surface area contributed by atoms with Gasteiger partial charge < -0.3 is 9.32 Å². The number of benzene rings is 2. The molecule has 0 aliphatic carbocycles. The quantitative estimate of drug-likeness (QED) is 0.517. The monoisotopic (exact) mass is 447 g/mol. The number of nitrogens with zero attached hydrogens (tertiary/aromatic N) is 1. The van der Waals surface area contributed by atoms with E-state index in [1.165, 1.54) is 0 Å². The first kappa shape index (κ1) is 18.8. The molecule has 4 rings (SSSR count). The van der Waals surface area contributed by atoms with Crippen LogP contribution in [0.25, 0.3) is 11.0 Å². The predicted molar refractivity (Wildman–Crippen MR) is 103 cm³/mol. The molecular weight excluding hydrogens is 432 g/mol. The topological polar surface area (TPSA) is 50.5 Å². The lowest BCUT2D eigenvalue weighted by atomic mass is 9.88. The number of piperidine rings is 1. The molecule has 2 heterocycles. The summed E-state index contributed by atoms with van der Waals surface area (Å²) >= 11 is 3.39. The van der Waals surface area contributed by atoms with Gasteiger partial charge in [-0.05, 0) is 55.3 Å². The van der Waals surface area contributed by atoms with Gasteiger partial charge in [0.25, 0.3) is 5.91 Å². The Morgan fingerprint density at radius 3 is 2.54 bits per heavy atom. The molecule has 7 heteroatoms. The molecule has 2 aromatic carbocycles. The van der Waals surface area contributed by atoms with Gasteiger partial charge in [0.2, 0.25) is 0 Å². The number of Topliss-reactive ketones (excluding diaryl/α,β-unsaturated/α-hetero) is 1. The third-order valence-corrected chi connectivity index (χ3v) is 5.53. The summed E-state index contributed by atoms with van der Waals surface area (Å²) in [5, 5.41) is 0.823. The molecule has 1 aliphatic rings. The third-order valence-electron chi connectivity index (χ3n) is 5.04. The molecule has 0 bridgehead atoms. The molecule has 0 atom stereocenters. The molecule has 1 amide bonds. The largest absolute Gasteiger partial charge is 0.451 e. The van der Waals surface area contributed by atoms with Gasteiger partial charge in [0.1, 0.15) is 17.2 Å². The van der Waals surface area contributed by atoms with Crippen LogP contribution in [-0.4, -0.2) is 29.7 Å². The van der Waals surface area contributed by atoms with E-state index in [2.05, 4.69) is 15.9 Å². The smallest absolute Gasteiger partial charge is 0.289 e. The molecular formula is C21H16BrF2NO3. The number of hydrogen-bond donors (Lipinski definition) is 0. The van der Waals surface area contributed by atoms with Crippen LogP contribution in [0.4, 0.5) is 8.78 Å². The van der Waals surface area contributed by atoms with Crippen molar-refractivity contribution < 1.29 is 22.8 Å². The Bertz CT molecular complexity index is 1070. The molecule has 1 saturated heterocycles. The van der Waals surface area contributed by atoms with Crippen LogP contribution in [-0.2, 0) is 0 Å². The zero-order valence-electron chi connectivity index (χ0n) is 14.8. The summed E-state index contributed by atoms with van der Waals surface area (Å²) in [7, 11) is 0. The van der Waals surface area contributed by atoms with Crippen LogP contribution in [0.2, 0.25) is 0 Å². The Morgan fingerprint density at radius 1 is 1.04 bits per heavy atom. The highest BCUT2D eigenvalue weighted by Gasteiger charge is 2.30. The lowest BCUT2D eigenvalue weighted by Crippen LogP contribution is -2.40. The molecule has 1 aromatic heterocycles. The number of fused-ring (bicyclic) bond motifs is 1. The van der Waals surface area contributed by atoms with Gasteiger partial charge in [-0.15, -0.1) is 0 Å². The van der Waals surface area contributed by atoms with Gasteiger partial charge >= 0.3 is 0 Å². The number of halogens is 3. The number of amides is 1. The van der Waals surface area contributed by atoms with Gasteiger partial charge in [-0.25, -0.2) is 8.78 Å². The van der Waals surface area contributed by atoms with E-state index in [0.717, 1.165) is 28.1 Å². The van der Waals surface area contributed by atoms with Crippen molar-refractivity contribution in [1.29, 1.82) is 0 Å². The first-order valence-electron chi connectivity index (χ1n) is 8.90. The SMILES string of the molecule is O=C(c1cc(F)ccc1F)C1CCN(C(=O)c2cc3cc(Br)ccc3o2)CC1. The number of carbonyl (C=O) groups excluding carboxylic acids is 2. The number of ketones is 1.